The molecule has 0 spiro atoms. The minimum Gasteiger partial charge on any atom is -0.453 e. The maximum absolute atomic E-state index is 15.2. The number of nitrogens with one attached hydrogen (secondary N) is 1. The highest BCUT2D eigenvalue weighted by Gasteiger charge is 2.37. The van der Waals surface area contributed by atoms with E-state index in [1.807, 2.05) is 42.7 Å². The molecule has 0 saturated heterocycles. The number of methoxy groups -OCH3 is 1. The predicted octanol–water partition coefficient (Wildman–Crippen LogP) is 4.85. The van der Waals surface area contributed by atoms with Crippen molar-refractivity contribution in [2.45, 2.75) is 50.8 Å². The Morgan fingerprint density at radius 2 is 1.91 bits per heavy atom. The van der Waals surface area contributed by atoms with Gasteiger partial charge in [0.15, 0.2) is 0 Å². The Bertz CT molecular complexity index is 1950. The highest BCUT2D eigenvalue weighted by Crippen LogP contribution is 2.44. The lowest BCUT2D eigenvalue weighted by Crippen LogP contribution is -2.42. The molecule has 1 amide bonds. The molecule has 2 aliphatic heterocycles. The van der Waals surface area contributed by atoms with Crippen LogP contribution >= 0.6 is 0 Å². The molecule has 4 aromatic heterocycles. The van der Waals surface area contributed by atoms with Gasteiger partial charge in [0.05, 0.1) is 53.2 Å². The highest BCUT2D eigenvalue weighted by molar-refractivity contribution is 6.14. The van der Waals surface area contributed by atoms with Gasteiger partial charge in [-0.1, -0.05) is 24.3 Å². The van der Waals surface area contributed by atoms with E-state index < -0.39 is 17.6 Å². The van der Waals surface area contributed by atoms with Gasteiger partial charge in [-0.2, -0.15) is 4.39 Å². The maximum Gasteiger partial charge on any atom is 0.409 e. The third-order valence-corrected chi connectivity index (χ3v) is 9.18. The molecule has 1 aliphatic carbocycles. The number of aromatic amines is 1. The van der Waals surface area contributed by atoms with Gasteiger partial charge < -0.3 is 19.4 Å². The quantitative estimate of drug-likeness (QED) is 0.300. The lowest BCUT2D eigenvalue weighted by Gasteiger charge is -2.31. The number of halogens is 1. The van der Waals surface area contributed by atoms with E-state index in [1.54, 1.807) is 36.0 Å². The van der Waals surface area contributed by atoms with Crippen LogP contribution in [0.15, 0.2) is 41.5 Å². The van der Waals surface area contributed by atoms with Gasteiger partial charge in [-0.25, -0.2) is 14.6 Å². The van der Waals surface area contributed by atoms with Crippen molar-refractivity contribution in [3.8, 4) is 22.4 Å². The van der Waals surface area contributed by atoms with Crippen molar-refractivity contribution in [1.82, 2.24) is 33.8 Å². The number of amides is 1. The van der Waals surface area contributed by atoms with Gasteiger partial charge in [-0.3, -0.25) is 13.8 Å². The maximum atomic E-state index is 15.2. The molecule has 2 atom stereocenters. The number of carbonyl (C=O) groups is 1. The summed E-state index contributed by atoms with van der Waals surface area (Å²) >= 11 is 0. The largest absolute Gasteiger partial charge is 0.453 e. The van der Waals surface area contributed by atoms with Gasteiger partial charge in [0, 0.05) is 44.5 Å². The first-order valence-electron chi connectivity index (χ1n) is 14.5. The van der Waals surface area contributed by atoms with E-state index in [1.165, 1.54) is 11.8 Å². The van der Waals surface area contributed by atoms with Crippen LogP contribution in [0.3, 0.4) is 0 Å². The van der Waals surface area contributed by atoms with Crippen molar-refractivity contribution >= 4 is 28.2 Å². The molecule has 5 aromatic rings. The molecule has 1 fully saturated rings. The van der Waals surface area contributed by atoms with Crippen molar-refractivity contribution < 1.29 is 18.7 Å². The van der Waals surface area contributed by atoms with Gasteiger partial charge in [-0.15, -0.1) is 5.10 Å². The van der Waals surface area contributed by atoms with E-state index in [9.17, 15) is 9.59 Å². The molecule has 224 valence electrons. The highest BCUT2D eigenvalue weighted by atomic mass is 19.1. The van der Waals surface area contributed by atoms with Crippen LogP contribution in [-0.4, -0.2) is 66.2 Å². The van der Waals surface area contributed by atoms with Crippen molar-refractivity contribution in [1.29, 1.82) is 0 Å². The normalized spacial score (nSPS) is 20.1. The number of H-pyrrole nitrogens is 1. The summed E-state index contributed by atoms with van der Waals surface area (Å²) in [6.07, 6.45) is 4.91. The number of hydrogen-bond acceptors (Lipinski definition) is 6. The van der Waals surface area contributed by atoms with Gasteiger partial charge in [0.1, 0.15) is 5.65 Å². The predicted molar refractivity (Wildman–Crippen MR) is 159 cm³/mol. The van der Waals surface area contributed by atoms with Crippen molar-refractivity contribution in [3.63, 3.8) is 0 Å². The van der Waals surface area contributed by atoms with Crippen LogP contribution in [0.1, 0.15) is 44.7 Å². The van der Waals surface area contributed by atoms with Crippen LogP contribution in [0.5, 0.6) is 0 Å². The van der Waals surface area contributed by atoms with E-state index in [0.29, 0.717) is 54.8 Å². The van der Waals surface area contributed by atoms with Crippen LogP contribution in [0.4, 0.5) is 9.18 Å². The third-order valence-electron chi connectivity index (χ3n) is 9.18. The Morgan fingerprint density at radius 3 is 2.60 bits per heavy atom. The van der Waals surface area contributed by atoms with E-state index in [0.717, 1.165) is 27.6 Å². The average Bonchev–Trinajstić information content (AvgIpc) is 3.74. The number of imidazole rings is 1. The number of aryl methyl sites for hydroxylation is 2. The van der Waals surface area contributed by atoms with Gasteiger partial charge in [0.2, 0.25) is 5.95 Å². The van der Waals surface area contributed by atoms with Crippen molar-refractivity contribution in [2.75, 3.05) is 20.3 Å². The number of aromatic nitrogens is 6. The first-order valence-corrected chi connectivity index (χ1v) is 14.5. The second kappa shape index (κ2) is 9.80. The van der Waals surface area contributed by atoms with E-state index >= 15 is 4.39 Å². The molecule has 0 unspecified atom stereocenters. The number of ether oxygens (including phenoxy) is 2. The first-order chi connectivity index (χ1) is 20.6. The topological polar surface area (TPSA) is 112 Å². The number of carbonyl (C=O) groups excluding carboxylic acids is 1. The summed E-state index contributed by atoms with van der Waals surface area (Å²) in [5, 5.41) is 4.69. The van der Waals surface area contributed by atoms with E-state index in [2.05, 4.69) is 10.1 Å². The van der Waals surface area contributed by atoms with Crippen LogP contribution in [-0.2, 0) is 29.2 Å². The third kappa shape index (κ3) is 4.18. The van der Waals surface area contributed by atoms with E-state index in [4.69, 9.17) is 14.5 Å². The lowest BCUT2D eigenvalue weighted by atomic mass is 9.93. The van der Waals surface area contributed by atoms with Gasteiger partial charge >= 0.3 is 11.8 Å². The molecule has 43 heavy (non-hydrogen) atoms. The summed E-state index contributed by atoms with van der Waals surface area (Å²) in [7, 11) is 4.80. The fourth-order valence-corrected chi connectivity index (χ4v) is 6.95. The number of pyridine rings is 1. The molecule has 8 rings (SSSR count). The Balaban J connectivity index is 1.56. The number of hydrogen-bond donors (Lipinski definition) is 1. The van der Waals surface area contributed by atoms with Crippen LogP contribution in [0.2, 0.25) is 0 Å². The molecule has 11 nitrogen and oxygen atoms in total. The molecular weight excluding hydrogens is 553 g/mol. The van der Waals surface area contributed by atoms with Crippen LogP contribution in [0.25, 0.3) is 44.5 Å². The Morgan fingerprint density at radius 1 is 1.16 bits per heavy atom. The smallest absolute Gasteiger partial charge is 0.409 e. The molecule has 6 heterocycles. The molecule has 1 saturated carbocycles. The summed E-state index contributed by atoms with van der Waals surface area (Å²) in [6.45, 7) is 4.68. The first kappa shape index (κ1) is 27.4. The molecule has 12 heteroatoms. The Labute approximate surface area is 246 Å². The molecule has 3 aliphatic rings. The number of nitrogens with zero attached hydrogens (tertiary/aromatic N) is 6. The zero-order valence-electron chi connectivity index (χ0n) is 24.8. The van der Waals surface area contributed by atoms with Crippen LogP contribution in [0, 0.1) is 5.95 Å². The monoisotopic (exact) mass is 587 g/mol. The van der Waals surface area contributed by atoms with Crippen molar-refractivity contribution in [3.05, 3.63) is 58.7 Å². The zero-order chi connectivity index (χ0) is 30.2. The average molecular weight is 588 g/mol. The molecule has 0 radical (unpaired) electrons. The molecule has 1 aromatic carbocycles. The minimum absolute atomic E-state index is 0.124. The minimum atomic E-state index is -0.636. The standard InChI is InChI=1S/C31H34FN7O4/c1-31(2)18-8-6-17(7-9-18)23-24-26-22(15-33-28(24)34-25(23)21-16-36(3)35-27(21)32)37(4)29(40)39(26)20-11-10-19(14-20)38(12-13-43-31)30(41)42-5/h6-9,15-16,19-20H,10-14H2,1-5H3,(H,33,34)/t19-,20-/m1/s1. The molecule has 1 N–H and O–H groups in total. The fourth-order valence-electron chi connectivity index (χ4n) is 6.95. The molecule has 4 bridgehead atoms. The SMILES string of the molecule is COC(=O)N1CCOC(C)(C)c2ccc(cc2)-c2c(-c3cn(C)nc3F)[nH]c3ncc4c(c23)n(c(=O)n4C)[C@@H]2CC[C@@H]1C2. The Kier molecular flexibility index (Phi) is 6.24. The second-order valence-corrected chi connectivity index (χ2v) is 12.0. The summed E-state index contributed by atoms with van der Waals surface area (Å²) in [5.74, 6) is -0.605. The van der Waals surface area contributed by atoms with Crippen molar-refractivity contribution in [2.24, 2.45) is 14.1 Å². The molecular formula is C31H34FN7O4. The van der Waals surface area contributed by atoms with E-state index in [-0.39, 0.29) is 17.8 Å². The summed E-state index contributed by atoms with van der Waals surface area (Å²) in [4.78, 5) is 36.6. The van der Waals surface area contributed by atoms with Crippen LogP contribution < -0.4 is 5.69 Å². The van der Waals surface area contributed by atoms with Gasteiger partial charge in [-0.05, 0) is 44.2 Å². The lowest BCUT2D eigenvalue weighted by molar-refractivity contribution is -0.0330. The van der Waals surface area contributed by atoms with Gasteiger partial charge in [0.25, 0.3) is 0 Å². The Hall–Kier alpha value is -4.45. The number of rotatable bonds is 1. The second-order valence-electron chi connectivity index (χ2n) is 12.0. The number of benzene rings is 1. The number of fused-ring (bicyclic) bond motifs is 6. The summed E-state index contributed by atoms with van der Waals surface area (Å²) < 4.78 is 31.6. The fraction of sp³-hybridized carbons (Fsp3) is 0.419. The summed E-state index contributed by atoms with van der Waals surface area (Å²) in [5.41, 5.74) is 4.52. The zero-order valence-corrected chi connectivity index (χ0v) is 24.8. The summed E-state index contributed by atoms with van der Waals surface area (Å²) in [6, 6.07) is 7.67.